The van der Waals surface area contributed by atoms with Gasteiger partial charge in [0.1, 0.15) is 0 Å². The van der Waals surface area contributed by atoms with Crippen LogP contribution in [0.25, 0.3) is 0 Å². The van der Waals surface area contributed by atoms with Gasteiger partial charge in [-0.1, -0.05) is 25.7 Å². The summed E-state index contributed by atoms with van der Waals surface area (Å²) in [7, 11) is 0. The van der Waals surface area contributed by atoms with E-state index in [2.05, 4.69) is 25.7 Å². The summed E-state index contributed by atoms with van der Waals surface area (Å²) in [6.45, 7) is 5.82. The summed E-state index contributed by atoms with van der Waals surface area (Å²) in [5.41, 5.74) is 1.35. The van der Waals surface area contributed by atoms with Crippen molar-refractivity contribution in [3.8, 4) is 11.8 Å². The highest BCUT2D eigenvalue weighted by molar-refractivity contribution is 5.81. The number of allylic oxidation sites excluding steroid dienone is 2. The van der Waals surface area contributed by atoms with Crippen molar-refractivity contribution in [2.24, 2.45) is 5.41 Å². The van der Waals surface area contributed by atoms with Gasteiger partial charge in [0.15, 0.2) is 0 Å². The minimum absolute atomic E-state index is 0.0459. The van der Waals surface area contributed by atoms with Gasteiger partial charge in [0.05, 0.1) is 6.10 Å². The van der Waals surface area contributed by atoms with E-state index in [-0.39, 0.29) is 5.41 Å². The number of carboxylic acid groups (broad SMARTS) is 1. The van der Waals surface area contributed by atoms with Crippen molar-refractivity contribution in [2.75, 3.05) is 0 Å². The molecule has 0 radical (unpaired) electrons. The van der Waals surface area contributed by atoms with Gasteiger partial charge in [-0.3, -0.25) is 0 Å². The maximum Gasteiger partial charge on any atom is 0.329 e. The molecule has 1 aliphatic carbocycles. The Kier molecular flexibility index (Phi) is 4.14. The van der Waals surface area contributed by atoms with Gasteiger partial charge >= 0.3 is 5.97 Å². The van der Waals surface area contributed by atoms with Gasteiger partial charge in [0, 0.05) is 17.2 Å². The van der Waals surface area contributed by atoms with Gasteiger partial charge in [-0.05, 0) is 31.3 Å². The number of rotatable bonds is 1. The molecule has 0 aromatic rings. The molecule has 3 heteroatoms. The summed E-state index contributed by atoms with van der Waals surface area (Å²) in [5, 5.41) is 18.1. The molecule has 92 valence electrons. The van der Waals surface area contributed by atoms with Crippen LogP contribution in [-0.4, -0.2) is 22.3 Å². The van der Waals surface area contributed by atoms with Crippen molar-refractivity contribution in [2.45, 2.75) is 39.7 Å². The fraction of sp³-hybridized carbons (Fsp3) is 0.500. The van der Waals surface area contributed by atoms with Crippen LogP contribution in [0.4, 0.5) is 0 Å². The van der Waals surface area contributed by atoms with Crippen LogP contribution in [0.1, 0.15) is 33.6 Å². The molecule has 1 rings (SSSR count). The van der Waals surface area contributed by atoms with Gasteiger partial charge < -0.3 is 10.2 Å². The molecule has 1 unspecified atom stereocenters. The highest BCUT2D eigenvalue weighted by atomic mass is 16.4. The van der Waals surface area contributed by atoms with Crippen LogP contribution >= 0.6 is 0 Å². The second-order valence-corrected chi connectivity index (χ2v) is 4.99. The van der Waals surface area contributed by atoms with Crippen molar-refractivity contribution in [1.29, 1.82) is 0 Å². The number of aliphatic carboxylic acids is 1. The maximum atomic E-state index is 10.4. The molecule has 2 N–H and O–H groups in total. The molecule has 0 fully saturated rings. The highest BCUT2D eigenvalue weighted by Gasteiger charge is 2.27. The Labute approximate surface area is 102 Å². The number of aliphatic hydroxyl groups excluding tert-OH is 1. The van der Waals surface area contributed by atoms with Gasteiger partial charge in [-0.25, -0.2) is 4.79 Å². The summed E-state index contributed by atoms with van der Waals surface area (Å²) >= 11 is 0. The molecule has 0 saturated heterocycles. The maximum absolute atomic E-state index is 10.4. The molecule has 17 heavy (non-hydrogen) atoms. The van der Waals surface area contributed by atoms with Crippen LogP contribution in [0, 0.1) is 17.3 Å². The Hall–Kier alpha value is -1.53. The molecule has 3 nitrogen and oxygen atoms in total. The van der Waals surface area contributed by atoms with Crippen LogP contribution in [0.5, 0.6) is 0 Å². The first-order valence-electron chi connectivity index (χ1n) is 5.65. The first-order chi connectivity index (χ1) is 7.81. The first-order valence-corrected chi connectivity index (χ1v) is 5.65. The van der Waals surface area contributed by atoms with Crippen LogP contribution in [-0.2, 0) is 4.79 Å². The summed E-state index contributed by atoms with van der Waals surface area (Å²) in [4.78, 5) is 10.4. The quantitative estimate of drug-likeness (QED) is 0.540. The second kappa shape index (κ2) is 5.20. The predicted molar refractivity (Wildman–Crippen MR) is 66.3 cm³/mol. The number of carbonyl (C=O) groups is 1. The first kappa shape index (κ1) is 13.5. The number of hydrogen-bond acceptors (Lipinski definition) is 2. The van der Waals surface area contributed by atoms with Crippen LogP contribution in [0.15, 0.2) is 23.3 Å². The molecule has 0 spiro atoms. The fourth-order valence-corrected chi connectivity index (χ4v) is 1.74. The molecule has 0 aromatic carbocycles. The van der Waals surface area contributed by atoms with Gasteiger partial charge in [0.25, 0.3) is 0 Å². The zero-order valence-corrected chi connectivity index (χ0v) is 10.4. The van der Waals surface area contributed by atoms with Crippen molar-refractivity contribution in [3.63, 3.8) is 0 Å². The third-order valence-electron chi connectivity index (χ3n) is 2.89. The predicted octanol–water partition coefficient (Wildman–Crippen LogP) is 2.13. The number of aliphatic hydroxyl groups is 1. The molecule has 0 saturated carbocycles. The van der Waals surface area contributed by atoms with E-state index in [4.69, 9.17) is 5.11 Å². The van der Waals surface area contributed by atoms with Crippen molar-refractivity contribution < 1.29 is 15.0 Å². The van der Waals surface area contributed by atoms with Gasteiger partial charge in [0.2, 0.25) is 0 Å². The lowest BCUT2D eigenvalue weighted by Gasteiger charge is -2.30. The van der Waals surface area contributed by atoms with E-state index in [1.165, 1.54) is 0 Å². The Morgan fingerprint density at radius 2 is 2.24 bits per heavy atom. The lowest BCUT2D eigenvalue weighted by atomic mass is 9.75. The van der Waals surface area contributed by atoms with E-state index in [0.29, 0.717) is 5.57 Å². The van der Waals surface area contributed by atoms with E-state index in [1.807, 2.05) is 0 Å². The topological polar surface area (TPSA) is 57.5 Å². The third-order valence-corrected chi connectivity index (χ3v) is 2.89. The van der Waals surface area contributed by atoms with Crippen molar-refractivity contribution in [1.82, 2.24) is 0 Å². The minimum atomic E-state index is -0.992. The molecule has 1 aliphatic rings. The lowest BCUT2D eigenvalue weighted by molar-refractivity contribution is -0.131. The van der Waals surface area contributed by atoms with Crippen LogP contribution in [0.2, 0.25) is 0 Å². The largest absolute Gasteiger partial charge is 0.478 e. The van der Waals surface area contributed by atoms with Crippen LogP contribution < -0.4 is 0 Å². The Bertz CT molecular complexity index is 430. The second-order valence-electron chi connectivity index (χ2n) is 4.99. The molecular weight excluding hydrogens is 216 g/mol. The molecule has 0 amide bonds. The lowest BCUT2D eigenvalue weighted by Crippen LogP contribution is -2.23. The standard InChI is InChI=1S/C14H18O3/c1-10(8-13(16)17)4-5-11-9-12(15)6-7-14(11,2)3/h8-9,12,15H,6-7H2,1-3H3,(H,16,17). The molecule has 0 aromatic heterocycles. The SMILES string of the molecule is CC(C#CC1=CC(O)CCC1(C)C)=CC(=O)O. The molecule has 1 atom stereocenters. The van der Waals surface area contributed by atoms with Crippen molar-refractivity contribution in [3.05, 3.63) is 23.3 Å². The van der Waals surface area contributed by atoms with E-state index < -0.39 is 12.1 Å². The summed E-state index contributed by atoms with van der Waals surface area (Å²) in [6, 6.07) is 0. The summed E-state index contributed by atoms with van der Waals surface area (Å²) < 4.78 is 0. The van der Waals surface area contributed by atoms with Gasteiger partial charge in [-0.15, -0.1) is 0 Å². The summed E-state index contributed by atoms with van der Waals surface area (Å²) in [6.07, 6.45) is 4.05. The third kappa shape index (κ3) is 4.08. The van der Waals surface area contributed by atoms with Crippen molar-refractivity contribution >= 4 is 5.97 Å². The Balaban J connectivity index is 2.94. The minimum Gasteiger partial charge on any atom is -0.478 e. The van der Waals surface area contributed by atoms with E-state index >= 15 is 0 Å². The highest BCUT2D eigenvalue weighted by Crippen LogP contribution is 2.36. The van der Waals surface area contributed by atoms with E-state index in [9.17, 15) is 9.90 Å². The van der Waals surface area contributed by atoms with E-state index in [1.54, 1.807) is 13.0 Å². The average molecular weight is 234 g/mol. The fourth-order valence-electron chi connectivity index (χ4n) is 1.74. The zero-order chi connectivity index (χ0) is 13.1. The number of carboxylic acids is 1. The number of hydrogen-bond donors (Lipinski definition) is 2. The summed E-state index contributed by atoms with van der Waals surface area (Å²) in [5.74, 6) is 4.79. The van der Waals surface area contributed by atoms with Gasteiger partial charge in [-0.2, -0.15) is 0 Å². The Morgan fingerprint density at radius 3 is 2.82 bits per heavy atom. The average Bonchev–Trinajstić information content (AvgIpc) is 2.18. The van der Waals surface area contributed by atoms with Crippen LogP contribution in [0.3, 0.4) is 0 Å². The molecular formula is C14H18O3. The monoisotopic (exact) mass is 234 g/mol. The molecule has 0 bridgehead atoms. The normalized spacial score (nSPS) is 23.4. The Morgan fingerprint density at radius 1 is 1.59 bits per heavy atom. The van der Waals surface area contributed by atoms with E-state index in [0.717, 1.165) is 24.5 Å². The molecule has 0 heterocycles. The smallest absolute Gasteiger partial charge is 0.329 e. The zero-order valence-electron chi connectivity index (χ0n) is 10.4. The molecule has 0 aliphatic heterocycles.